The molecule has 0 aliphatic heterocycles. The van der Waals surface area contributed by atoms with Gasteiger partial charge in [-0.05, 0) is 18.2 Å². The summed E-state index contributed by atoms with van der Waals surface area (Å²) in [5.41, 5.74) is 0.705. The summed E-state index contributed by atoms with van der Waals surface area (Å²) in [5, 5.41) is 22.3. The second kappa shape index (κ2) is 5.44. The van der Waals surface area contributed by atoms with Gasteiger partial charge in [0, 0.05) is 10.0 Å². The number of benzene rings is 1. The lowest BCUT2D eigenvalue weighted by Gasteiger charge is -1.96. The van der Waals surface area contributed by atoms with E-state index in [0.717, 1.165) is 10.0 Å². The molecule has 0 atom stereocenters. The van der Waals surface area contributed by atoms with Gasteiger partial charge in [-0.25, -0.2) is 0 Å². The van der Waals surface area contributed by atoms with Gasteiger partial charge in [0.05, 0.1) is 4.92 Å². The van der Waals surface area contributed by atoms with Gasteiger partial charge in [-0.3, -0.25) is 14.8 Å². The van der Waals surface area contributed by atoms with E-state index in [9.17, 15) is 10.1 Å². The molecule has 0 saturated carbocycles. The van der Waals surface area contributed by atoms with Crippen molar-refractivity contribution in [3.05, 3.63) is 57.1 Å². The van der Waals surface area contributed by atoms with Gasteiger partial charge < -0.3 is 4.42 Å². The molecular formula is C12H8BrN5O3. The van der Waals surface area contributed by atoms with Crippen LogP contribution in [0.5, 0.6) is 0 Å². The quantitative estimate of drug-likeness (QED) is 0.530. The molecule has 0 N–H and O–H groups in total. The highest BCUT2D eigenvalue weighted by molar-refractivity contribution is 9.10. The zero-order valence-corrected chi connectivity index (χ0v) is 12.1. The molecule has 0 unspecified atom stereocenters. The lowest BCUT2D eigenvalue weighted by atomic mass is 10.2. The fourth-order valence-corrected chi connectivity index (χ4v) is 2.13. The van der Waals surface area contributed by atoms with Crippen LogP contribution >= 0.6 is 15.9 Å². The third kappa shape index (κ3) is 2.97. The lowest BCUT2D eigenvalue weighted by molar-refractivity contribution is -0.385. The highest BCUT2D eigenvalue weighted by atomic mass is 79.9. The van der Waals surface area contributed by atoms with E-state index in [4.69, 9.17) is 4.42 Å². The number of halogens is 1. The Morgan fingerprint density at radius 2 is 2.24 bits per heavy atom. The van der Waals surface area contributed by atoms with Crippen LogP contribution in [0.25, 0.3) is 11.5 Å². The normalized spacial score (nSPS) is 10.7. The Morgan fingerprint density at radius 3 is 2.95 bits per heavy atom. The van der Waals surface area contributed by atoms with Crippen molar-refractivity contribution in [2.75, 3.05) is 0 Å². The van der Waals surface area contributed by atoms with Crippen molar-refractivity contribution in [3.8, 4) is 11.5 Å². The molecule has 106 valence electrons. The van der Waals surface area contributed by atoms with Gasteiger partial charge >= 0.3 is 5.69 Å². The molecule has 0 saturated heterocycles. The van der Waals surface area contributed by atoms with E-state index in [0.29, 0.717) is 11.8 Å². The first kappa shape index (κ1) is 13.4. The minimum atomic E-state index is -0.510. The van der Waals surface area contributed by atoms with Crippen molar-refractivity contribution >= 4 is 21.6 Å². The third-order valence-corrected chi connectivity index (χ3v) is 3.16. The van der Waals surface area contributed by atoms with Gasteiger partial charge in [0.2, 0.25) is 11.8 Å². The predicted octanol–water partition coefficient (Wildman–Crippen LogP) is 2.65. The second-order valence-electron chi connectivity index (χ2n) is 4.16. The molecule has 0 aliphatic carbocycles. The standard InChI is InChI=1S/C12H8BrN5O3/c13-9-3-1-2-8(4-9)12-16-15-11(21-12)7-17-6-10(5-14-17)18(19)20/h1-6H,7H2. The van der Waals surface area contributed by atoms with Crippen LogP contribution in [-0.2, 0) is 6.54 Å². The van der Waals surface area contributed by atoms with Crippen LogP contribution in [0.1, 0.15) is 5.89 Å². The van der Waals surface area contributed by atoms with E-state index in [1.807, 2.05) is 24.3 Å². The molecule has 0 amide bonds. The molecule has 9 heteroatoms. The predicted molar refractivity (Wildman–Crippen MR) is 75.4 cm³/mol. The molecule has 3 aromatic rings. The van der Waals surface area contributed by atoms with Crippen molar-refractivity contribution in [1.82, 2.24) is 20.0 Å². The Hall–Kier alpha value is -2.55. The zero-order valence-electron chi connectivity index (χ0n) is 10.5. The fraction of sp³-hybridized carbons (Fsp3) is 0.0833. The monoisotopic (exact) mass is 349 g/mol. The Bertz CT molecular complexity index is 798. The van der Waals surface area contributed by atoms with Crippen molar-refractivity contribution in [1.29, 1.82) is 0 Å². The van der Waals surface area contributed by atoms with Crippen LogP contribution in [0.2, 0.25) is 0 Å². The molecule has 21 heavy (non-hydrogen) atoms. The summed E-state index contributed by atoms with van der Waals surface area (Å²) in [7, 11) is 0. The van der Waals surface area contributed by atoms with Crippen LogP contribution < -0.4 is 0 Å². The van der Waals surface area contributed by atoms with Gasteiger partial charge in [-0.1, -0.05) is 22.0 Å². The van der Waals surface area contributed by atoms with Crippen LogP contribution in [0.3, 0.4) is 0 Å². The fourth-order valence-electron chi connectivity index (χ4n) is 1.73. The summed E-state index contributed by atoms with van der Waals surface area (Å²) in [6.07, 6.45) is 2.48. The van der Waals surface area contributed by atoms with E-state index in [2.05, 4.69) is 31.2 Å². The van der Waals surface area contributed by atoms with Crippen molar-refractivity contribution in [2.24, 2.45) is 0 Å². The SMILES string of the molecule is O=[N+]([O-])c1cnn(Cc2nnc(-c3cccc(Br)c3)o2)c1. The Kier molecular flexibility index (Phi) is 3.48. The molecule has 0 aliphatic rings. The van der Waals surface area contributed by atoms with E-state index in [1.54, 1.807) is 0 Å². The number of nitro groups is 1. The van der Waals surface area contributed by atoms with Gasteiger partial charge in [0.15, 0.2) is 0 Å². The maximum absolute atomic E-state index is 10.6. The largest absolute Gasteiger partial charge is 0.419 e. The maximum atomic E-state index is 10.6. The Labute approximate surface area is 126 Å². The maximum Gasteiger partial charge on any atom is 0.307 e. The summed E-state index contributed by atoms with van der Waals surface area (Å²) < 4.78 is 7.80. The highest BCUT2D eigenvalue weighted by Gasteiger charge is 2.13. The zero-order chi connectivity index (χ0) is 14.8. The van der Waals surface area contributed by atoms with Crippen molar-refractivity contribution in [3.63, 3.8) is 0 Å². The Morgan fingerprint density at radius 1 is 1.38 bits per heavy atom. The van der Waals surface area contributed by atoms with Gasteiger partial charge in [-0.2, -0.15) is 5.10 Å². The number of aromatic nitrogens is 4. The molecule has 2 aromatic heterocycles. The number of nitrogens with zero attached hydrogens (tertiary/aromatic N) is 5. The van der Waals surface area contributed by atoms with Crippen molar-refractivity contribution in [2.45, 2.75) is 6.54 Å². The first-order valence-corrected chi connectivity index (χ1v) is 6.66. The summed E-state index contributed by atoms with van der Waals surface area (Å²) in [6.45, 7) is 0.175. The van der Waals surface area contributed by atoms with Crippen LogP contribution in [0.4, 0.5) is 5.69 Å². The highest BCUT2D eigenvalue weighted by Crippen LogP contribution is 2.22. The van der Waals surface area contributed by atoms with Crippen LogP contribution in [0.15, 0.2) is 45.5 Å². The minimum Gasteiger partial charge on any atom is -0.419 e. The number of hydrogen-bond donors (Lipinski definition) is 0. The van der Waals surface area contributed by atoms with Crippen LogP contribution in [-0.4, -0.2) is 24.9 Å². The molecular weight excluding hydrogens is 342 g/mol. The lowest BCUT2D eigenvalue weighted by Crippen LogP contribution is -2.00. The van der Waals surface area contributed by atoms with E-state index in [1.165, 1.54) is 17.1 Å². The van der Waals surface area contributed by atoms with E-state index in [-0.39, 0.29) is 12.2 Å². The molecule has 0 spiro atoms. The van der Waals surface area contributed by atoms with Gasteiger partial charge in [0.25, 0.3) is 0 Å². The molecule has 1 aromatic carbocycles. The smallest absolute Gasteiger partial charge is 0.307 e. The molecule has 0 radical (unpaired) electrons. The minimum absolute atomic E-state index is 0.0817. The molecule has 3 rings (SSSR count). The number of hydrogen-bond acceptors (Lipinski definition) is 6. The first-order chi connectivity index (χ1) is 10.1. The van der Waals surface area contributed by atoms with Crippen molar-refractivity contribution < 1.29 is 9.34 Å². The first-order valence-electron chi connectivity index (χ1n) is 5.87. The third-order valence-electron chi connectivity index (χ3n) is 2.67. The van der Waals surface area contributed by atoms with Gasteiger partial charge in [-0.15, -0.1) is 10.2 Å². The summed E-state index contributed by atoms with van der Waals surface area (Å²) in [5.74, 6) is 0.705. The van der Waals surface area contributed by atoms with Gasteiger partial charge in [0.1, 0.15) is 18.9 Å². The Balaban J connectivity index is 1.80. The average molecular weight is 350 g/mol. The molecule has 0 fully saturated rings. The molecule has 2 heterocycles. The molecule has 0 bridgehead atoms. The van der Waals surface area contributed by atoms with E-state index < -0.39 is 4.92 Å². The van der Waals surface area contributed by atoms with E-state index >= 15 is 0 Å². The second-order valence-corrected chi connectivity index (χ2v) is 5.08. The summed E-state index contributed by atoms with van der Waals surface area (Å²) in [6, 6.07) is 7.46. The summed E-state index contributed by atoms with van der Waals surface area (Å²) in [4.78, 5) is 10.1. The number of rotatable bonds is 4. The summed E-state index contributed by atoms with van der Waals surface area (Å²) >= 11 is 3.37. The van der Waals surface area contributed by atoms with Crippen LogP contribution in [0, 0.1) is 10.1 Å². The average Bonchev–Trinajstić information content (AvgIpc) is 3.08. The topological polar surface area (TPSA) is 99.9 Å². The molecule has 8 nitrogen and oxygen atoms in total.